The quantitative estimate of drug-likeness (QED) is 0.485. The molecule has 0 unspecified atom stereocenters. The van der Waals surface area contributed by atoms with E-state index >= 15 is 0 Å². The largest absolute Gasteiger partial charge is 0.379 e. The summed E-state index contributed by atoms with van der Waals surface area (Å²) in [6.45, 7) is 7.30. The fourth-order valence-electron chi connectivity index (χ4n) is 1.07. The maximum absolute atomic E-state index is 5.40. The van der Waals surface area contributed by atoms with Gasteiger partial charge in [0.15, 0.2) is 0 Å². The molecule has 0 aromatic carbocycles. The molecule has 0 aliphatic heterocycles. The molecule has 4 nitrogen and oxygen atoms in total. The van der Waals surface area contributed by atoms with Gasteiger partial charge in [-0.3, -0.25) is 0 Å². The fraction of sp³-hybridized carbons (Fsp3) is 1.00. The van der Waals surface area contributed by atoms with Gasteiger partial charge in [0, 0.05) is 13.2 Å². The molecule has 0 N–H and O–H groups in total. The SMILES string of the molecule is CCOCCOCCOCCCN(C)C. The van der Waals surface area contributed by atoms with Crippen LogP contribution < -0.4 is 0 Å². The minimum Gasteiger partial charge on any atom is -0.379 e. The second kappa shape index (κ2) is 11.9. The van der Waals surface area contributed by atoms with Crippen molar-refractivity contribution in [3.05, 3.63) is 0 Å². The normalized spacial score (nSPS) is 11.2. The Kier molecular flexibility index (Phi) is 11.8. The van der Waals surface area contributed by atoms with E-state index < -0.39 is 0 Å². The molecule has 0 atom stereocenters. The molecule has 4 heteroatoms. The third kappa shape index (κ3) is 13.8. The van der Waals surface area contributed by atoms with E-state index in [1.54, 1.807) is 0 Å². The summed E-state index contributed by atoms with van der Waals surface area (Å²) in [5.74, 6) is 0. The fourth-order valence-corrected chi connectivity index (χ4v) is 1.07. The number of hydrogen-bond acceptors (Lipinski definition) is 4. The number of ether oxygens (including phenoxy) is 3. The van der Waals surface area contributed by atoms with E-state index in [1.807, 2.05) is 6.92 Å². The van der Waals surface area contributed by atoms with Crippen molar-refractivity contribution >= 4 is 0 Å². The van der Waals surface area contributed by atoms with E-state index in [4.69, 9.17) is 14.2 Å². The molecule has 0 heterocycles. The van der Waals surface area contributed by atoms with Gasteiger partial charge in [0.1, 0.15) is 0 Å². The average Bonchev–Trinajstić information content (AvgIpc) is 2.20. The highest BCUT2D eigenvalue weighted by molar-refractivity contribution is 4.42. The first-order chi connectivity index (χ1) is 7.27. The number of nitrogens with zero attached hydrogens (tertiary/aromatic N) is 1. The highest BCUT2D eigenvalue weighted by Crippen LogP contribution is 1.86. The summed E-state index contributed by atoms with van der Waals surface area (Å²) >= 11 is 0. The predicted octanol–water partition coefficient (Wildman–Crippen LogP) is 1.01. The number of hydrogen-bond donors (Lipinski definition) is 0. The van der Waals surface area contributed by atoms with Crippen LogP contribution in [0.15, 0.2) is 0 Å². The smallest absolute Gasteiger partial charge is 0.0701 e. The van der Waals surface area contributed by atoms with Gasteiger partial charge in [0.05, 0.1) is 26.4 Å². The van der Waals surface area contributed by atoms with E-state index in [0.717, 1.165) is 26.2 Å². The first kappa shape index (κ1) is 14.8. The Balaban J connectivity index is 2.87. The van der Waals surface area contributed by atoms with Crippen LogP contribution in [0.2, 0.25) is 0 Å². The lowest BCUT2D eigenvalue weighted by atomic mass is 10.4. The number of rotatable bonds is 11. The van der Waals surface area contributed by atoms with Crippen molar-refractivity contribution in [1.29, 1.82) is 0 Å². The van der Waals surface area contributed by atoms with Crippen LogP contribution in [0, 0.1) is 0 Å². The summed E-state index contributed by atoms with van der Waals surface area (Å²) in [4.78, 5) is 2.15. The van der Waals surface area contributed by atoms with Gasteiger partial charge in [-0.15, -0.1) is 0 Å². The molecule has 0 rings (SSSR count). The molecule has 0 aromatic heterocycles. The highest BCUT2D eigenvalue weighted by Gasteiger charge is 1.92. The second-order valence-electron chi connectivity index (χ2n) is 3.58. The van der Waals surface area contributed by atoms with Crippen molar-refractivity contribution in [3.8, 4) is 0 Å². The standard InChI is InChI=1S/C11H25NO3/c1-4-13-8-9-15-11-10-14-7-5-6-12(2)3/h4-11H2,1-3H3. The second-order valence-corrected chi connectivity index (χ2v) is 3.58. The lowest BCUT2D eigenvalue weighted by molar-refractivity contribution is 0.0158. The van der Waals surface area contributed by atoms with Gasteiger partial charge in [0.2, 0.25) is 0 Å². The molecule has 0 amide bonds. The van der Waals surface area contributed by atoms with E-state index in [2.05, 4.69) is 19.0 Å². The maximum atomic E-state index is 5.40. The molecule has 0 aliphatic rings. The van der Waals surface area contributed by atoms with Crippen molar-refractivity contribution in [3.63, 3.8) is 0 Å². The molecule has 0 radical (unpaired) electrons. The Labute approximate surface area is 93.5 Å². The topological polar surface area (TPSA) is 30.9 Å². The molecule has 0 saturated carbocycles. The lowest BCUT2D eigenvalue weighted by Gasteiger charge is -2.09. The summed E-state index contributed by atoms with van der Waals surface area (Å²) in [5.41, 5.74) is 0. The summed E-state index contributed by atoms with van der Waals surface area (Å²) in [6, 6.07) is 0. The summed E-state index contributed by atoms with van der Waals surface area (Å²) in [6.07, 6.45) is 1.08. The Morgan fingerprint density at radius 2 is 1.33 bits per heavy atom. The van der Waals surface area contributed by atoms with E-state index in [1.165, 1.54) is 0 Å². The van der Waals surface area contributed by atoms with Gasteiger partial charge in [0.25, 0.3) is 0 Å². The zero-order chi connectivity index (χ0) is 11.4. The minimum absolute atomic E-state index is 0.662. The van der Waals surface area contributed by atoms with Gasteiger partial charge in [-0.2, -0.15) is 0 Å². The highest BCUT2D eigenvalue weighted by atomic mass is 16.5. The molecule has 0 aromatic rings. The molecule has 0 saturated heterocycles. The Morgan fingerprint density at radius 1 is 0.800 bits per heavy atom. The molecule has 0 aliphatic carbocycles. The Hall–Kier alpha value is -0.160. The van der Waals surface area contributed by atoms with Crippen molar-refractivity contribution in [2.75, 3.05) is 60.3 Å². The summed E-state index contributed by atoms with van der Waals surface area (Å²) < 4.78 is 15.8. The van der Waals surface area contributed by atoms with Crippen LogP contribution in [0.1, 0.15) is 13.3 Å². The lowest BCUT2D eigenvalue weighted by Crippen LogP contribution is -2.16. The average molecular weight is 219 g/mol. The molecular weight excluding hydrogens is 194 g/mol. The first-order valence-corrected chi connectivity index (χ1v) is 5.65. The van der Waals surface area contributed by atoms with Gasteiger partial charge in [-0.05, 0) is 34.0 Å². The van der Waals surface area contributed by atoms with Crippen molar-refractivity contribution in [1.82, 2.24) is 4.90 Å². The van der Waals surface area contributed by atoms with Crippen molar-refractivity contribution in [2.24, 2.45) is 0 Å². The molecule has 0 bridgehead atoms. The maximum Gasteiger partial charge on any atom is 0.0701 e. The molecule has 0 spiro atoms. The third-order valence-corrected chi connectivity index (χ3v) is 1.84. The van der Waals surface area contributed by atoms with Crippen LogP contribution in [-0.2, 0) is 14.2 Å². The zero-order valence-electron chi connectivity index (χ0n) is 10.3. The molecule has 15 heavy (non-hydrogen) atoms. The Morgan fingerprint density at radius 3 is 1.87 bits per heavy atom. The van der Waals surface area contributed by atoms with Crippen LogP contribution in [-0.4, -0.2) is 65.2 Å². The van der Waals surface area contributed by atoms with E-state index in [-0.39, 0.29) is 0 Å². The van der Waals surface area contributed by atoms with Crippen LogP contribution in [0.4, 0.5) is 0 Å². The predicted molar refractivity (Wildman–Crippen MR) is 61.3 cm³/mol. The van der Waals surface area contributed by atoms with Gasteiger partial charge < -0.3 is 19.1 Å². The molecule has 0 fully saturated rings. The van der Waals surface area contributed by atoms with Crippen molar-refractivity contribution < 1.29 is 14.2 Å². The van der Waals surface area contributed by atoms with Crippen molar-refractivity contribution in [2.45, 2.75) is 13.3 Å². The van der Waals surface area contributed by atoms with Gasteiger partial charge in [-0.25, -0.2) is 0 Å². The zero-order valence-corrected chi connectivity index (χ0v) is 10.3. The van der Waals surface area contributed by atoms with Crippen LogP contribution >= 0.6 is 0 Å². The monoisotopic (exact) mass is 219 g/mol. The summed E-state index contributed by atoms with van der Waals surface area (Å²) in [7, 11) is 4.13. The van der Waals surface area contributed by atoms with Gasteiger partial charge in [-0.1, -0.05) is 0 Å². The van der Waals surface area contributed by atoms with E-state index in [9.17, 15) is 0 Å². The Bertz CT molecular complexity index is 120. The third-order valence-electron chi connectivity index (χ3n) is 1.84. The molecule has 92 valence electrons. The summed E-state index contributed by atoms with van der Waals surface area (Å²) in [5, 5.41) is 0. The minimum atomic E-state index is 0.662. The van der Waals surface area contributed by atoms with E-state index in [0.29, 0.717) is 26.4 Å². The van der Waals surface area contributed by atoms with Crippen LogP contribution in [0.5, 0.6) is 0 Å². The molecular formula is C11H25NO3. The first-order valence-electron chi connectivity index (χ1n) is 5.65. The van der Waals surface area contributed by atoms with Crippen LogP contribution in [0.3, 0.4) is 0 Å². The van der Waals surface area contributed by atoms with Gasteiger partial charge >= 0.3 is 0 Å². The van der Waals surface area contributed by atoms with Crippen LogP contribution in [0.25, 0.3) is 0 Å².